The molecule has 3 nitrogen and oxygen atoms in total. The predicted octanol–water partition coefficient (Wildman–Crippen LogP) is 2.74. The molecule has 1 aliphatic rings. The fraction of sp³-hybridized carbons (Fsp3) is 0.176. The Labute approximate surface area is 118 Å². The standard InChI is InChI=1S/C17H16N2O/c20-13-5-11-19-12-9-14-6-1-2-7-15(14)17(19)16-8-3-4-10-18-16/h1-8,10-11,13,17H,9,12H2/t17-/m1/s1. The molecule has 1 aromatic carbocycles. The Morgan fingerprint density at radius 2 is 2.00 bits per heavy atom. The number of nitrogens with zero attached hydrogens (tertiary/aromatic N) is 2. The van der Waals surface area contributed by atoms with E-state index in [2.05, 4.69) is 34.1 Å². The van der Waals surface area contributed by atoms with Gasteiger partial charge in [-0.25, -0.2) is 0 Å². The van der Waals surface area contributed by atoms with E-state index in [1.807, 2.05) is 30.6 Å². The summed E-state index contributed by atoms with van der Waals surface area (Å²) >= 11 is 0. The maximum Gasteiger partial charge on any atom is 0.144 e. The van der Waals surface area contributed by atoms with Gasteiger partial charge in [0.2, 0.25) is 0 Å². The Kier molecular flexibility index (Phi) is 3.59. The van der Waals surface area contributed by atoms with Crippen molar-refractivity contribution in [2.24, 2.45) is 0 Å². The molecule has 100 valence electrons. The smallest absolute Gasteiger partial charge is 0.144 e. The highest BCUT2D eigenvalue weighted by Gasteiger charge is 2.27. The van der Waals surface area contributed by atoms with Gasteiger partial charge in [0.15, 0.2) is 0 Å². The van der Waals surface area contributed by atoms with E-state index in [9.17, 15) is 4.79 Å². The van der Waals surface area contributed by atoms with Crippen LogP contribution in [0.3, 0.4) is 0 Å². The van der Waals surface area contributed by atoms with Gasteiger partial charge in [0.1, 0.15) is 6.29 Å². The number of carbonyl (C=O) groups is 1. The van der Waals surface area contributed by atoms with Crippen molar-refractivity contribution in [2.45, 2.75) is 12.5 Å². The minimum Gasteiger partial charge on any atom is -0.364 e. The molecule has 2 heterocycles. The maximum absolute atomic E-state index is 10.6. The fourth-order valence-electron chi connectivity index (χ4n) is 2.76. The highest BCUT2D eigenvalue weighted by atomic mass is 16.1. The molecule has 3 rings (SSSR count). The first-order chi connectivity index (χ1) is 9.90. The number of allylic oxidation sites excluding steroid dienone is 1. The number of benzene rings is 1. The third-order valence-corrected chi connectivity index (χ3v) is 3.64. The van der Waals surface area contributed by atoms with Crippen LogP contribution >= 0.6 is 0 Å². The molecule has 0 spiro atoms. The lowest BCUT2D eigenvalue weighted by atomic mass is 9.90. The van der Waals surface area contributed by atoms with Crippen molar-refractivity contribution < 1.29 is 4.79 Å². The minimum absolute atomic E-state index is 0.0809. The molecule has 1 aromatic heterocycles. The van der Waals surface area contributed by atoms with E-state index in [4.69, 9.17) is 0 Å². The van der Waals surface area contributed by atoms with E-state index in [-0.39, 0.29) is 6.04 Å². The summed E-state index contributed by atoms with van der Waals surface area (Å²) in [6, 6.07) is 14.5. The Morgan fingerprint density at radius 1 is 1.15 bits per heavy atom. The number of pyridine rings is 1. The summed E-state index contributed by atoms with van der Waals surface area (Å²) in [5.41, 5.74) is 3.64. The molecule has 0 saturated carbocycles. The van der Waals surface area contributed by atoms with E-state index in [0.717, 1.165) is 24.9 Å². The van der Waals surface area contributed by atoms with E-state index < -0.39 is 0 Å². The molecule has 0 amide bonds. The van der Waals surface area contributed by atoms with Crippen LogP contribution in [-0.2, 0) is 11.2 Å². The van der Waals surface area contributed by atoms with Crippen molar-refractivity contribution in [1.82, 2.24) is 9.88 Å². The average molecular weight is 264 g/mol. The van der Waals surface area contributed by atoms with Crippen molar-refractivity contribution in [3.8, 4) is 0 Å². The molecule has 2 aromatic rings. The zero-order valence-electron chi connectivity index (χ0n) is 11.1. The molecule has 0 N–H and O–H groups in total. The predicted molar refractivity (Wildman–Crippen MR) is 78.1 cm³/mol. The summed E-state index contributed by atoms with van der Waals surface area (Å²) in [6.07, 6.45) is 7.03. The molecule has 20 heavy (non-hydrogen) atoms. The van der Waals surface area contributed by atoms with Crippen molar-refractivity contribution in [1.29, 1.82) is 0 Å². The van der Waals surface area contributed by atoms with Gasteiger partial charge in [-0.15, -0.1) is 0 Å². The summed E-state index contributed by atoms with van der Waals surface area (Å²) in [5.74, 6) is 0. The molecule has 3 heteroatoms. The quantitative estimate of drug-likeness (QED) is 0.631. The van der Waals surface area contributed by atoms with Crippen molar-refractivity contribution >= 4 is 6.29 Å². The lowest BCUT2D eigenvalue weighted by Crippen LogP contribution is -2.32. The van der Waals surface area contributed by atoms with Crippen molar-refractivity contribution in [3.63, 3.8) is 0 Å². The number of rotatable bonds is 3. The number of aldehydes is 1. The van der Waals surface area contributed by atoms with Gasteiger partial charge in [-0.3, -0.25) is 9.78 Å². The van der Waals surface area contributed by atoms with Crippen molar-refractivity contribution in [3.05, 3.63) is 77.8 Å². The molecule has 0 bridgehead atoms. The minimum atomic E-state index is 0.0809. The van der Waals surface area contributed by atoms with Crippen LogP contribution in [0.25, 0.3) is 0 Å². The monoisotopic (exact) mass is 264 g/mol. The van der Waals surface area contributed by atoms with Gasteiger partial charge < -0.3 is 4.90 Å². The van der Waals surface area contributed by atoms with Crippen LogP contribution in [0, 0.1) is 0 Å². The second-order valence-electron chi connectivity index (χ2n) is 4.82. The number of carbonyl (C=O) groups excluding carboxylic acids is 1. The van der Waals surface area contributed by atoms with Gasteiger partial charge >= 0.3 is 0 Å². The van der Waals surface area contributed by atoms with E-state index in [1.165, 1.54) is 11.1 Å². The normalized spacial score (nSPS) is 18.0. The van der Waals surface area contributed by atoms with Crippen LogP contribution in [0.4, 0.5) is 0 Å². The third-order valence-electron chi connectivity index (χ3n) is 3.64. The van der Waals surface area contributed by atoms with Crippen LogP contribution in [-0.4, -0.2) is 22.7 Å². The Balaban J connectivity index is 2.07. The van der Waals surface area contributed by atoms with E-state index in [1.54, 1.807) is 6.08 Å². The maximum atomic E-state index is 10.6. The van der Waals surface area contributed by atoms with Gasteiger partial charge in [-0.05, 0) is 35.8 Å². The molecule has 1 aliphatic heterocycles. The van der Waals surface area contributed by atoms with Crippen LogP contribution in [0.15, 0.2) is 60.9 Å². The second-order valence-corrected chi connectivity index (χ2v) is 4.82. The van der Waals surface area contributed by atoms with E-state index in [0.29, 0.717) is 0 Å². The first-order valence-corrected chi connectivity index (χ1v) is 6.76. The highest BCUT2D eigenvalue weighted by molar-refractivity contribution is 5.64. The molecular formula is C17H16N2O. The Bertz CT molecular complexity index is 622. The fourth-order valence-corrected chi connectivity index (χ4v) is 2.76. The first-order valence-electron chi connectivity index (χ1n) is 6.76. The van der Waals surface area contributed by atoms with Gasteiger partial charge in [-0.1, -0.05) is 30.3 Å². The zero-order chi connectivity index (χ0) is 13.8. The molecule has 0 aliphatic carbocycles. The zero-order valence-corrected chi connectivity index (χ0v) is 11.1. The van der Waals surface area contributed by atoms with Crippen LogP contribution in [0.2, 0.25) is 0 Å². The van der Waals surface area contributed by atoms with Gasteiger partial charge in [0.25, 0.3) is 0 Å². The molecule has 0 fully saturated rings. The summed E-state index contributed by atoms with van der Waals surface area (Å²) in [6.45, 7) is 0.891. The number of fused-ring (bicyclic) bond motifs is 1. The largest absolute Gasteiger partial charge is 0.364 e. The Hall–Kier alpha value is -2.42. The topological polar surface area (TPSA) is 33.2 Å². The van der Waals surface area contributed by atoms with Crippen LogP contribution in [0.5, 0.6) is 0 Å². The third kappa shape index (κ3) is 2.35. The first kappa shape index (κ1) is 12.6. The molecular weight excluding hydrogens is 248 g/mol. The lowest BCUT2D eigenvalue weighted by molar-refractivity contribution is -0.104. The molecule has 0 unspecified atom stereocenters. The number of hydrogen-bond donors (Lipinski definition) is 0. The number of hydrogen-bond acceptors (Lipinski definition) is 3. The van der Waals surface area contributed by atoms with Crippen molar-refractivity contribution in [2.75, 3.05) is 6.54 Å². The molecule has 0 radical (unpaired) electrons. The van der Waals surface area contributed by atoms with Gasteiger partial charge in [-0.2, -0.15) is 0 Å². The molecule has 1 atom stereocenters. The van der Waals surface area contributed by atoms with Crippen LogP contribution < -0.4 is 0 Å². The lowest BCUT2D eigenvalue weighted by Gasteiger charge is -2.36. The second kappa shape index (κ2) is 5.70. The summed E-state index contributed by atoms with van der Waals surface area (Å²) < 4.78 is 0. The SMILES string of the molecule is O=CC=CN1CCc2ccccc2[C@@H]1c1ccccn1. The summed E-state index contributed by atoms with van der Waals surface area (Å²) in [5, 5.41) is 0. The van der Waals surface area contributed by atoms with Gasteiger partial charge in [0, 0.05) is 18.9 Å². The van der Waals surface area contributed by atoms with Crippen LogP contribution in [0.1, 0.15) is 22.9 Å². The average Bonchev–Trinajstić information content (AvgIpc) is 2.53. The number of aromatic nitrogens is 1. The van der Waals surface area contributed by atoms with Gasteiger partial charge in [0.05, 0.1) is 11.7 Å². The molecule has 0 saturated heterocycles. The summed E-state index contributed by atoms with van der Waals surface area (Å²) in [4.78, 5) is 17.3. The Morgan fingerprint density at radius 3 is 2.80 bits per heavy atom. The highest BCUT2D eigenvalue weighted by Crippen LogP contribution is 2.34. The van der Waals surface area contributed by atoms with E-state index >= 15 is 0 Å². The summed E-state index contributed by atoms with van der Waals surface area (Å²) in [7, 11) is 0.